The van der Waals surface area contributed by atoms with Crippen LogP contribution in [-0.4, -0.2) is 18.9 Å². The zero-order chi connectivity index (χ0) is 37.7. The van der Waals surface area contributed by atoms with Crippen molar-refractivity contribution >= 4 is 49.1 Å². The van der Waals surface area contributed by atoms with Crippen molar-refractivity contribution in [1.82, 2.24) is 18.9 Å². The number of imidazole rings is 1. The average Bonchev–Trinajstić information content (AvgIpc) is 3.80. The second-order valence-corrected chi connectivity index (χ2v) is 15.6. The Labute approximate surface area is 345 Å². The summed E-state index contributed by atoms with van der Waals surface area (Å²) in [6.45, 7) is 9.38. The fourth-order valence-corrected chi connectivity index (χ4v) is 9.96. The van der Waals surface area contributed by atoms with Gasteiger partial charge in [0.15, 0.2) is 0 Å². The van der Waals surface area contributed by atoms with Crippen LogP contribution in [0.1, 0.15) is 38.8 Å². The van der Waals surface area contributed by atoms with E-state index in [2.05, 4.69) is 170 Å². The van der Waals surface area contributed by atoms with Crippen molar-refractivity contribution in [3.8, 4) is 39.8 Å². The Bertz CT molecular complexity index is 3170. The van der Waals surface area contributed by atoms with E-state index in [-0.39, 0.29) is 25.8 Å². The molecule has 57 heavy (non-hydrogen) atoms. The zero-order valence-corrected chi connectivity index (χ0v) is 33.6. The van der Waals surface area contributed by atoms with Gasteiger partial charge in [0.1, 0.15) is 5.82 Å². The predicted molar refractivity (Wildman–Crippen MR) is 228 cm³/mol. The molecule has 5 nitrogen and oxygen atoms in total. The maximum atomic E-state index is 6.73. The number of rotatable bonds is 6. The number of ether oxygens (including phenoxy) is 1. The summed E-state index contributed by atoms with van der Waals surface area (Å²) in [6, 6.07) is 56.4. The van der Waals surface area contributed by atoms with Crippen molar-refractivity contribution in [3.05, 3.63) is 169 Å². The maximum Gasteiger partial charge on any atom is 2.00 e. The Kier molecular flexibility index (Phi) is 8.23. The molecule has 0 saturated heterocycles. The largest absolute Gasteiger partial charge is 2.00 e. The number of pyridine rings is 2. The summed E-state index contributed by atoms with van der Waals surface area (Å²) >= 11 is 0. The van der Waals surface area contributed by atoms with Gasteiger partial charge in [-0.3, -0.25) is 4.98 Å². The molecule has 0 radical (unpaired) electrons. The average molecular weight is 829 g/mol. The van der Waals surface area contributed by atoms with Gasteiger partial charge in [0, 0.05) is 45.3 Å². The van der Waals surface area contributed by atoms with Crippen molar-refractivity contribution in [2.45, 2.75) is 33.1 Å². The predicted octanol–water partition coefficient (Wildman–Crippen LogP) is 12.8. The second kappa shape index (κ2) is 13.3. The molecule has 6 aromatic carbocycles. The summed E-state index contributed by atoms with van der Waals surface area (Å²) in [5, 5.41) is 5.42. The van der Waals surface area contributed by atoms with E-state index in [0.717, 1.165) is 66.6 Å². The smallest absolute Gasteiger partial charge is 0.503 e. The molecule has 0 N–H and O–H groups in total. The van der Waals surface area contributed by atoms with Gasteiger partial charge in [0.2, 0.25) is 0 Å². The molecular weight excluding hydrogens is 791 g/mol. The van der Waals surface area contributed by atoms with E-state index >= 15 is 0 Å². The molecule has 278 valence electrons. The molecule has 0 saturated carbocycles. The maximum absolute atomic E-state index is 6.73. The first-order chi connectivity index (χ1) is 27.4. The summed E-state index contributed by atoms with van der Waals surface area (Å²) < 4.78 is 11.3. The monoisotopic (exact) mass is 828 g/mol. The molecule has 1 aliphatic heterocycles. The van der Waals surface area contributed by atoms with Crippen LogP contribution in [0.3, 0.4) is 0 Å². The molecule has 0 amide bonds. The van der Waals surface area contributed by atoms with E-state index in [1.807, 2.05) is 24.4 Å². The minimum Gasteiger partial charge on any atom is -0.503 e. The third kappa shape index (κ3) is 4.97. The van der Waals surface area contributed by atoms with Crippen molar-refractivity contribution in [3.63, 3.8) is 0 Å². The molecular formula is C51H38N4OPd. The van der Waals surface area contributed by atoms with Crippen LogP contribution < -0.4 is 4.74 Å². The Morgan fingerprint density at radius 3 is 2.00 bits per heavy atom. The number of fused-ring (bicyclic) bond motifs is 11. The molecule has 6 heteroatoms. The van der Waals surface area contributed by atoms with Gasteiger partial charge in [-0.2, -0.15) is 6.07 Å². The van der Waals surface area contributed by atoms with Gasteiger partial charge >= 0.3 is 20.4 Å². The number of hydrogen-bond acceptors (Lipinski definition) is 3. The first-order valence-corrected chi connectivity index (χ1v) is 19.5. The first-order valence-electron chi connectivity index (χ1n) is 19.5. The fraction of sp³-hybridized carbons (Fsp3) is 0.137. The van der Waals surface area contributed by atoms with Crippen molar-refractivity contribution < 1.29 is 25.2 Å². The molecule has 5 heterocycles. The van der Waals surface area contributed by atoms with E-state index < -0.39 is 0 Å². The molecule has 0 aliphatic carbocycles. The first kappa shape index (κ1) is 35.4. The molecule has 10 aromatic rings. The summed E-state index contributed by atoms with van der Waals surface area (Å²) in [5.74, 6) is 2.91. The summed E-state index contributed by atoms with van der Waals surface area (Å²) in [7, 11) is 0. The van der Waals surface area contributed by atoms with Crippen LogP contribution in [0.4, 0.5) is 0 Å². The van der Waals surface area contributed by atoms with E-state index in [1.54, 1.807) is 0 Å². The Balaban J connectivity index is 0.00000396. The van der Waals surface area contributed by atoms with Gasteiger partial charge in [-0.05, 0) is 45.9 Å². The van der Waals surface area contributed by atoms with Crippen LogP contribution >= 0.6 is 0 Å². The number of nitrogens with zero attached hydrogens (tertiary/aromatic N) is 4. The molecule has 1 aliphatic rings. The van der Waals surface area contributed by atoms with Crippen LogP contribution in [0.25, 0.3) is 77.5 Å². The Morgan fingerprint density at radius 2 is 1.25 bits per heavy atom. The quantitative estimate of drug-likeness (QED) is 0.0953. The van der Waals surface area contributed by atoms with Gasteiger partial charge in [-0.25, -0.2) is 4.98 Å². The van der Waals surface area contributed by atoms with Gasteiger partial charge in [0.25, 0.3) is 0 Å². The Hall–Kier alpha value is -6.06. The number of hydrogen-bond donors (Lipinski definition) is 0. The second-order valence-electron chi connectivity index (χ2n) is 15.6. The van der Waals surface area contributed by atoms with E-state index in [9.17, 15) is 0 Å². The minimum absolute atomic E-state index is 0. The fourth-order valence-electron chi connectivity index (χ4n) is 9.96. The summed E-state index contributed by atoms with van der Waals surface area (Å²) in [6.07, 6.45) is 1.91. The van der Waals surface area contributed by atoms with Crippen LogP contribution in [-0.2, 0) is 25.8 Å². The molecule has 0 bridgehead atoms. The van der Waals surface area contributed by atoms with Gasteiger partial charge in [0.05, 0.1) is 17.0 Å². The topological polar surface area (TPSA) is 44.4 Å². The molecule has 4 aromatic heterocycles. The number of para-hydroxylation sites is 2. The van der Waals surface area contributed by atoms with Gasteiger partial charge in [-0.1, -0.05) is 153 Å². The van der Waals surface area contributed by atoms with Crippen LogP contribution in [0, 0.1) is 24.0 Å². The molecule has 0 fully saturated rings. The van der Waals surface area contributed by atoms with E-state index in [0.29, 0.717) is 23.3 Å². The third-order valence-electron chi connectivity index (χ3n) is 12.2. The molecule has 0 unspecified atom stereocenters. The summed E-state index contributed by atoms with van der Waals surface area (Å²) in [4.78, 5) is 10.5. The Morgan fingerprint density at radius 1 is 0.596 bits per heavy atom. The summed E-state index contributed by atoms with van der Waals surface area (Å²) in [5.41, 5.74) is 10.6. The van der Waals surface area contributed by atoms with Gasteiger partial charge < -0.3 is 13.7 Å². The number of aromatic nitrogens is 4. The van der Waals surface area contributed by atoms with Crippen LogP contribution in [0.15, 0.2) is 146 Å². The van der Waals surface area contributed by atoms with E-state index in [1.165, 1.54) is 22.0 Å². The molecule has 11 rings (SSSR count). The van der Waals surface area contributed by atoms with Crippen molar-refractivity contribution in [1.29, 1.82) is 0 Å². The number of benzene rings is 6. The normalized spacial score (nSPS) is 13.2. The van der Waals surface area contributed by atoms with Crippen molar-refractivity contribution in [2.75, 3.05) is 0 Å². The SMILES string of the molecule is CC(C)C1(C(C)C)c2cccnc2-n2c3[c-]c(Oc4[c-]c5c(cc4)c4ccccc4n4c(-c6ccccc6)c(-c6ccccc6)nc54)ccc3c3cccc1c32.[Pd+2]. The molecule has 0 atom stereocenters. The van der Waals surface area contributed by atoms with Crippen LogP contribution in [0.5, 0.6) is 11.5 Å². The standard InChI is InChI=1S/C51H38N4O.Pd/c1-31(2)51(32(3)4)42-21-13-20-40-39-27-25-36(30-45(39)55(48(40)42)50-43(51)22-14-28-52-50)56-35-24-26-37-38-19-11-12-23-44(38)54-47(34-17-9-6-10-18-34)46(33-15-7-5-8-16-33)53-49(54)41(37)29-35;/h5-28,31-32H,1-4H3;/q-2;+2. The van der Waals surface area contributed by atoms with Crippen molar-refractivity contribution in [2.24, 2.45) is 11.8 Å². The van der Waals surface area contributed by atoms with Gasteiger partial charge in [-0.15, -0.1) is 29.7 Å². The minimum atomic E-state index is -0.185. The zero-order valence-electron chi connectivity index (χ0n) is 32.0. The molecule has 0 spiro atoms. The van der Waals surface area contributed by atoms with Crippen LogP contribution in [0.2, 0.25) is 0 Å². The third-order valence-corrected chi connectivity index (χ3v) is 12.2. The van der Waals surface area contributed by atoms with E-state index in [4.69, 9.17) is 14.7 Å².